The van der Waals surface area contributed by atoms with Crippen LogP contribution in [0.4, 0.5) is 5.95 Å². The monoisotopic (exact) mass is 387 g/mol. The highest BCUT2D eigenvalue weighted by Crippen LogP contribution is 2.27. The molecule has 2 aliphatic heterocycles. The number of rotatable bonds is 4. The Hall–Kier alpha value is -1.73. The van der Waals surface area contributed by atoms with E-state index in [0.29, 0.717) is 11.9 Å². The molecule has 1 aromatic rings. The third-order valence-electron chi connectivity index (χ3n) is 6.62. The molecule has 0 bridgehead atoms. The van der Waals surface area contributed by atoms with Crippen molar-refractivity contribution in [3.63, 3.8) is 0 Å². The number of carbonyl (C=O) groups is 1. The van der Waals surface area contributed by atoms with Crippen LogP contribution in [-0.2, 0) is 22.4 Å². The van der Waals surface area contributed by atoms with Crippen LogP contribution in [0.1, 0.15) is 37.9 Å². The summed E-state index contributed by atoms with van der Waals surface area (Å²) in [5, 5.41) is 0. The van der Waals surface area contributed by atoms with Gasteiger partial charge in [-0.2, -0.15) is 0 Å². The number of amides is 1. The van der Waals surface area contributed by atoms with Crippen molar-refractivity contribution in [3.8, 4) is 0 Å². The Kier molecular flexibility index (Phi) is 6.11. The van der Waals surface area contributed by atoms with Gasteiger partial charge in [-0.1, -0.05) is 6.92 Å². The summed E-state index contributed by atoms with van der Waals surface area (Å²) in [6, 6.07) is 0.608. The molecule has 0 aromatic carbocycles. The molecule has 2 unspecified atom stereocenters. The SMILES string of the molecule is CCC(C)N1CCN(C(=O)C2CCc3nc(N4CCOCC4)ncc3C2)CC1. The van der Waals surface area contributed by atoms with Gasteiger partial charge in [-0.25, -0.2) is 9.97 Å². The topological polar surface area (TPSA) is 61.8 Å². The number of ether oxygens (including phenoxy) is 1. The van der Waals surface area contributed by atoms with Crippen LogP contribution < -0.4 is 4.90 Å². The molecule has 1 aromatic heterocycles. The number of nitrogens with zero attached hydrogens (tertiary/aromatic N) is 5. The fraction of sp³-hybridized carbons (Fsp3) is 0.762. The van der Waals surface area contributed by atoms with Gasteiger partial charge in [-0.15, -0.1) is 0 Å². The minimum atomic E-state index is 0.0838. The molecule has 4 rings (SSSR count). The Morgan fingerprint density at radius 1 is 1.21 bits per heavy atom. The lowest BCUT2D eigenvalue weighted by molar-refractivity contribution is -0.138. The molecular weight excluding hydrogens is 354 g/mol. The molecule has 7 nitrogen and oxygen atoms in total. The molecule has 154 valence electrons. The normalized spacial score (nSPS) is 24.7. The summed E-state index contributed by atoms with van der Waals surface area (Å²) in [6.07, 6.45) is 5.67. The number of fused-ring (bicyclic) bond motifs is 1. The zero-order chi connectivity index (χ0) is 19.5. The summed E-state index contributed by atoms with van der Waals surface area (Å²) >= 11 is 0. The second-order valence-electron chi connectivity index (χ2n) is 8.30. The van der Waals surface area contributed by atoms with E-state index in [-0.39, 0.29) is 5.92 Å². The number of aryl methyl sites for hydroxylation is 1. The van der Waals surface area contributed by atoms with Crippen molar-refractivity contribution in [2.75, 3.05) is 57.4 Å². The van der Waals surface area contributed by atoms with E-state index in [1.54, 1.807) is 0 Å². The van der Waals surface area contributed by atoms with E-state index in [2.05, 4.69) is 33.5 Å². The maximum absolute atomic E-state index is 13.1. The molecule has 3 heterocycles. The summed E-state index contributed by atoms with van der Waals surface area (Å²) in [5.74, 6) is 1.22. The van der Waals surface area contributed by atoms with Gasteiger partial charge in [0.05, 0.1) is 13.2 Å². The molecule has 0 saturated carbocycles. The Balaban J connectivity index is 1.35. The van der Waals surface area contributed by atoms with Gasteiger partial charge in [-0.05, 0) is 38.2 Å². The van der Waals surface area contributed by atoms with Crippen LogP contribution >= 0.6 is 0 Å². The van der Waals surface area contributed by atoms with Gasteiger partial charge < -0.3 is 14.5 Å². The number of anilines is 1. The van der Waals surface area contributed by atoms with Crippen molar-refractivity contribution in [1.29, 1.82) is 0 Å². The Labute approximate surface area is 168 Å². The second-order valence-corrected chi connectivity index (χ2v) is 8.30. The molecule has 0 spiro atoms. The molecule has 1 aliphatic carbocycles. The standard InChI is InChI=1S/C21H33N5O2/c1-3-16(2)24-6-8-25(9-7-24)20(27)17-4-5-19-18(14-17)15-22-21(23-19)26-10-12-28-13-11-26/h15-17H,3-14H2,1-2H3. The first-order valence-corrected chi connectivity index (χ1v) is 10.9. The first-order chi connectivity index (χ1) is 13.7. The molecule has 3 aliphatic rings. The van der Waals surface area contributed by atoms with Crippen LogP contribution in [0.5, 0.6) is 0 Å². The van der Waals surface area contributed by atoms with Crippen molar-refractivity contribution < 1.29 is 9.53 Å². The first-order valence-electron chi connectivity index (χ1n) is 10.9. The number of aromatic nitrogens is 2. The molecule has 0 radical (unpaired) electrons. The molecule has 7 heteroatoms. The van der Waals surface area contributed by atoms with Crippen LogP contribution in [0.25, 0.3) is 0 Å². The van der Waals surface area contributed by atoms with Gasteiger partial charge in [-0.3, -0.25) is 9.69 Å². The zero-order valence-corrected chi connectivity index (χ0v) is 17.3. The van der Waals surface area contributed by atoms with Gasteiger partial charge in [0.25, 0.3) is 0 Å². The van der Waals surface area contributed by atoms with Gasteiger partial charge in [0.2, 0.25) is 11.9 Å². The molecule has 2 saturated heterocycles. The highest BCUT2D eigenvalue weighted by molar-refractivity contribution is 5.79. The lowest BCUT2D eigenvalue weighted by atomic mass is 9.86. The summed E-state index contributed by atoms with van der Waals surface area (Å²) in [6.45, 7) is 11.4. The molecule has 2 atom stereocenters. The van der Waals surface area contributed by atoms with Crippen molar-refractivity contribution in [1.82, 2.24) is 19.8 Å². The maximum Gasteiger partial charge on any atom is 0.226 e. The smallest absolute Gasteiger partial charge is 0.226 e. The Morgan fingerprint density at radius 3 is 2.68 bits per heavy atom. The van der Waals surface area contributed by atoms with E-state index in [4.69, 9.17) is 9.72 Å². The van der Waals surface area contributed by atoms with Crippen LogP contribution in [0, 0.1) is 5.92 Å². The maximum atomic E-state index is 13.1. The Bertz CT molecular complexity index is 683. The van der Waals surface area contributed by atoms with E-state index < -0.39 is 0 Å². The average molecular weight is 388 g/mol. The van der Waals surface area contributed by atoms with Crippen LogP contribution in [0.3, 0.4) is 0 Å². The van der Waals surface area contributed by atoms with Gasteiger partial charge in [0.1, 0.15) is 0 Å². The fourth-order valence-electron chi connectivity index (χ4n) is 4.52. The third kappa shape index (κ3) is 4.15. The molecular formula is C21H33N5O2. The largest absolute Gasteiger partial charge is 0.378 e. The van der Waals surface area contributed by atoms with Crippen molar-refractivity contribution in [2.45, 2.75) is 45.6 Å². The molecule has 2 fully saturated rings. The zero-order valence-electron chi connectivity index (χ0n) is 17.3. The fourth-order valence-corrected chi connectivity index (χ4v) is 4.52. The number of carbonyl (C=O) groups excluding carboxylic acids is 1. The number of piperazine rings is 1. The number of hydrogen-bond acceptors (Lipinski definition) is 6. The predicted octanol–water partition coefficient (Wildman–Crippen LogP) is 1.36. The number of morpholine rings is 1. The highest BCUT2D eigenvalue weighted by atomic mass is 16.5. The van der Waals surface area contributed by atoms with E-state index in [0.717, 1.165) is 89.0 Å². The van der Waals surface area contributed by atoms with Crippen LogP contribution in [0.15, 0.2) is 6.20 Å². The van der Waals surface area contributed by atoms with Gasteiger partial charge >= 0.3 is 0 Å². The molecule has 28 heavy (non-hydrogen) atoms. The van der Waals surface area contributed by atoms with Crippen LogP contribution in [-0.4, -0.2) is 84.2 Å². The van der Waals surface area contributed by atoms with Crippen molar-refractivity contribution >= 4 is 11.9 Å². The van der Waals surface area contributed by atoms with Gasteiger partial charge in [0, 0.05) is 63.1 Å². The minimum Gasteiger partial charge on any atom is -0.378 e. The Morgan fingerprint density at radius 2 is 1.96 bits per heavy atom. The van der Waals surface area contributed by atoms with Crippen molar-refractivity contribution in [2.24, 2.45) is 5.92 Å². The van der Waals surface area contributed by atoms with E-state index in [9.17, 15) is 4.79 Å². The van der Waals surface area contributed by atoms with E-state index >= 15 is 0 Å². The highest BCUT2D eigenvalue weighted by Gasteiger charge is 2.32. The quantitative estimate of drug-likeness (QED) is 0.778. The summed E-state index contributed by atoms with van der Waals surface area (Å²) in [7, 11) is 0. The van der Waals surface area contributed by atoms with Crippen molar-refractivity contribution in [3.05, 3.63) is 17.5 Å². The first kappa shape index (κ1) is 19.6. The number of hydrogen-bond donors (Lipinski definition) is 0. The molecule has 1 amide bonds. The average Bonchev–Trinajstić information content (AvgIpc) is 2.78. The lowest BCUT2D eigenvalue weighted by Crippen LogP contribution is -2.52. The predicted molar refractivity (Wildman–Crippen MR) is 108 cm³/mol. The summed E-state index contributed by atoms with van der Waals surface area (Å²) in [5.41, 5.74) is 2.28. The van der Waals surface area contributed by atoms with E-state index in [1.165, 1.54) is 6.42 Å². The molecule has 0 N–H and O–H groups in total. The van der Waals surface area contributed by atoms with Crippen LogP contribution in [0.2, 0.25) is 0 Å². The van der Waals surface area contributed by atoms with E-state index in [1.807, 2.05) is 6.20 Å². The summed E-state index contributed by atoms with van der Waals surface area (Å²) in [4.78, 5) is 29.2. The minimum absolute atomic E-state index is 0.0838. The summed E-state index contributed by atoms with van der Waals surface area (Å²) < 4.78 is 5.42. The van der Waals surface area contributed by atoms with Gasteiger partial charge in [0.15, 0.2) is 0 Å². The lowest BCUT2D eigenvalue weighted by Gasteiger charge is -2.39. The third-order valence-corrected chi connectivity index (χ3v) is 6.62. The second kappa shape index (κ2) is 8.74.